The van der Waals surface area contributed by atoms with E-state index in [0.29, 0.717) is 12.5 Å². The van der Waals surface area contributed by atoms with Gasteiger partial charge in [0.15, 0.2) is 5.96 Å². The van der Waals surface area contributed by atoms with Crippen LogP contribution in [0.5, 0.6) is 5.75 Å². The number of aliphatic imine (C=N–C) groups is 1. The maximum Gasteiger partial charge on any atom is 0.191 e. The van der Waals surface area contributed by atoms with Crippen LogP contribution >= 0.6 is 35.3 Å². The highest BCUT2D eigenvalue weighted by atomic mass is 127. The summed E-state index contributed by atoms with van der Waals surface area (Å²) in [5, 5.41) is 7.99. The Hall–Kier alpha value is -2.07. The van der Waals surface area contributed by atoms with Gasteiger partial charge in [-0.25, -0.2) is 9.98 Å². The highest BCUT2D eigenvalue weighted by Gasteiger charge is 2.10. The zero-order valence-electron chi connectivity index (χ0n) is 17.6. The molecular weight excluding hydrogens is 511 g/mol. The summed E-state index contributed by atoms with van der Waals surface area (Å²) in [5.74, 6) is 2.90. The maximum atomic E-state index is 5.41. The molecule has 0 saturated heterocycles. The van der Waals surface area contributed by atoms with Crippen molar-refractivity contribution in [2.45, 2.75) is 32.7 Å². The quantitative estimate of drug-likeness (QED) is 0.233. The summed E-state index contributed by atoms with van der Waals surface area (Å²) >= 11 is 1.74. The minimum atomic E-state index is 0. The van der Waals surface area contributed by atoms with Gasteiger partial charge in [-0.05, 0) is 36.8 Å². The Morgan fingerprint density at radius 1 is 1.23 bits per heavy atom. The molecule has 0 saturated carbocycles. The van der Waals surface area contributed by atoms with E-state index in [1.807, 2.05) is 42.6 Å². The van der Waals surface area contributed by atoms with Crippen molar-refractivity contribution in [1.29, 1.82) is 0 Å². The lowest BCUT2D eigenvalue weighted by molar-refractivity contribution is 0.414. The molecular formula is C22H29IN4O2S. The molecule has 1 aromatic carbocycles. The summed E-state index contributed by atoms with van der Waals surface area (Å²) in [5.41, 5.74) is 1.13. The van der Waals surface area contributed by atoms with Crippen molar-refractivity contribution in [3.63, 3.8) is 0 Å². The Kier molecular flexibility index (Phi) is 10.2. The second-order valence-electron chi connectivity index (χ2n) is 6.86. The minimum Gasteiger partial charge on any atom is -0.497 e. The predicted octanol–water partition coefficient (Wildman–Crippen LogP) is 4.75. The number of nitrogens with zero attached hydrogens (tertiary/aromatic N) is 2. The number of benzene rings is 1. The van der Waals surface area contributed by atoms with Crippen molar-refractivity contribution in [3.05, 3.63) is 70.1 Å². The number of halogens is 1. The molecule has 6 nitrogen and oxygen atoms in total. The van der Waals surface area contributed by atoms with Crippen LogP contribution in [0.25, 0.3) is 0 Å². The van der Waals surface area contributed by atoms with Crippen LogP contribution in [-0.2, 0) is 13.0 Å². The van der Waals surface area contributed by atoms with Gasteiger partial charge in [0.05, 0.1) is 24.9 Å². The van der Waals surface area contributed by atoms with E-state index >= 15 is 0 Å². The molecule has 0 amide bonds. The molecule has 0 aliphatic rings. The Morgan fingerprint density at radius 3 is 2.67 bits per heavy atom. The van der Waals surface area contributed by atoms with E-state index in [4.69, 9.17) is 14.1 Å². The van der Waals surface area contributed by atoms with Crippen molar-refractivity contribution >= 4 is 41.3 Å². The third kappa shape index (κ3) is 7.64. The molecule has 1 unspecified atom stereocenters. The van der Waals surface area contributed by atoms with Gasteiger partial charge in [-0.15, -0.1) is 35.3 Å². The van der Waals surface area contributed by atoms with Gasteiger partial charge in [0.25, 0.3) is 0 Å². The molecule has 8 heteroatoms. The molecule has 162 valence electrons. The van der Waals surface area contributed by atoms with Crippen LogP contribution in [0.1, 0.15) is 34.1 Å². The van der Waals surface area contributed by atoms with E-state index in [-0.39, 0.29) is 24.0 Å². The first-order valence-corrected chi connectivity index (χ1v) is 10.6. The highest BCUT2D eigenvalue weighted by Crippen LogP contribution is 2.20. The molecule has 2 N–H and O–H groups in total. The van der Waals surface area contributed by atoms with Crippen molar-refractivity contribution in [2.24, 2.45) is 4.99 Å². The van der Waals surface area contributed by atoms with Crippen LogP contribution in [0.15, 0.2) is 58.3 Å². The molecule has 0 aliphatic heterocycles. The largest absolute Gasteiger partial charge is 0.497 e. The molecule has 3 rings (SSSR count). The lowest BCUT2D eigenvalue weighted by atomic mass is 10.2. The van der Waals surface area contributed by atoms with Crippen LogP contribution in [-0.4, -0.2) is 31.1 Å². The topological polar surface area (TPSA) is 71.7 Å². The number of hydrogen-bond acceptors (Lipinski definition) is 5. The summed E-state index contributed by atoms with van der Waals surface area (Å²) in [4.78, 5) is 10.5. The average molecular weight is 540 g/mol. The van der Waals surface area contributed by atoms with Gasteiger partial charge in [-0.3, -0.25) is 0 Å². The van der Waals surface area contributed by atoms with Gasteiger partial charge in [0, 0.05) is 36.5 Å². The molecule has 0 spiro atoms. The van der Waals surface area contributed by atoms with Gasteiger partial charge in [-0.1, -0.05) is 19.1 Å². The first-order valence-electron chi connectivity index (χ1n) is 9.74. The first-order chi connectivity index (χ1) is 14.1. The van der Waals surface area contributed by atoms with E-state index in [1.165, 1.54) is 4.88 Å². The number of rotatable bonds is 9. The lowest BCUT2D eigenvalue weighted by Crippen LogP contribution is -2.40. The highest BCUT2D eigenvalue weighted by molar-refractivity contribution is 14.0. The summed E-state index contributed by atoms with van der Waals surface area (Å²) in [6, 6.07) is 11.9. The second-order valence-corrected chi connectivity index (χ2v) is 8.13. The number of ether oxygens (including phenoxy) is 1. The van der Waals surface area contributed by atoms with Crippen LogP contribution in [0, 0.1) is 6.92 Å². The monoisotopic (exact) mass is 540 g/mol. The fourth-order valence-electron chi connectivity index (χ4n) is 2.77. The third-order valence-corrected chi connectivity index (χ3v) is 5.60. The predicted molar refractivity (Wildman–Crippen MR) is 133 cm³/mol. The number of guanidine groups is 1. The number of nitrogens with one attached hydrogen (secondary N) is 2. The normalized spacial score (nSPS) is 12.2. The molecule has 2 aromatic heterocycles. The smallest absolute Gasteiger partial charge is 0.191 e. The van der Waals surface area contributed by atoms with Crippen molar-refractivity contribution in [3.8, 4) is 5.75 Å². The van der Waals surface area contributed by atoms with Crippen LogP contribution in [0.3, 0.4) is 0 Å². The summed E-state index contributed by atoms with van der Waals surface area (Å²) in [7, 11) is 1.67. The first kappa shape index (κ1) is 24.2. The fourth-order valence-corrected chi connectivity index (χ4v) is 3.60. The molecule has 1 atom stereocenters. The number of hydrogen-bond donors (Lipinski definition) is 2. The molecule has 3 aromatic rings. The second kappa shape index (κ2) is 12.6. The Balaban J connectivity index is 0.00000320. The number of furan rings is 1. The molecule has 30 heavy (non-hydrogen) atoms. The average Bonchev–Trinajstić information content (AvgIpc) is 3.41. The Bertz CT molecular complexity index is 894. The number of thiazole rings is 1. The zero-order chi connectivity index (χ0) is 20.5. The summed E-state index contributed by atoms with van der Waals surface area (Å²) in [6.45, 7) is 6.36. The third-order valence-electron chi connectivity index (χ3n) is 4.46. The lowest BCUT2D eigenvalue weighted by Gasteiger charge is -2.15. The maximum absolute atomic E-state index is 5.41. The minimum absolute atomic E-state index is 0. The van der Waals surface area contributed by atoms with Crippen molar-refractivity contribution in [2.75, 3.05) is 20.2 Å². The molecule has 2 heterocycles. The Labute approximate surface area is 199 Å². The van der Waals surface area contributed by atoms with Crippen molar-refractivity contribution < 1.29 is 9.15 Å². The number of methoxy groups -OCH3 is 1. The van der Waals surface area contributed by atoms with Gasteiger partial charge >= 0.3 is 0 Å². The van der Waals surface area contributed by atoms with Crippen LogP contribution in [0.4, 0.5) is 0 Å². The molecule has 0 radical (unpaired) electrons. The van der Waals surface area contributed by atoms with Gasteiger partial charge in [-0.2, -0.15) is 0 Å². The van der Waals surface area contributed by atoms with Crippen molar-refractivity contribution in [1.82, 2.24) is 15.6 Å². The summed E-state index contributed by atoms with van der Waals surface area (Å²) < 4.78 is 10.6. The zero-order valence-corrected chi connectivity index (χ0v) is 20.7. The van der Waals surface area contributed by atoms with Gasteiger partial charge in [0.1, 0.15) is 11.5 Å². The van der Waals surface area contributed by atoms with E-state index < -0.39 is 0 Å². The number of aryl methyl sites for hydroxylation is 1. The molecule has 0 fully saturated rings. The van der Waals surface area contributed by atoms with E-state index in [0.717, 1.165) is 47.6 Å². The summed E-state index contributed by atoms with van der Waals surface area (Å²) in [6.07, 6.45) is 4.43. The van der Waals surface area contributed by atoms with Crippen LogP contribution in [0.2, 0.25) is 0 Å². The van der Waals surface area contributed by atoms with Gasteiger partial charge < -0.3 is 19.8 Å². The van der Waals surface area contributed by atoms with E-state index in [1.54, 1.807) is 24.7 Å². The Morgan fingerprint density at radius 2 is 2.03 bits per heavy atom. The van der Waals surface area contributed by atoms with E-state index in [9.17, 15) is 0 Å². The van der Waals surface area contributed by atoms with E-state index in [2.05, 4.69) is 29.5 Å². The van der Waals surface area contributed by atoms with Crippen LogP contribution < -0.4 is 15.4 Å². The molecule has 0 aliphatic carbocycles. The number of aromatic nitrogens is 1. The van der Waals surface area contributed by atoms with Gasteiger partial charge in [0.2, 0.25) is 0 Å². The fraction of sp³-hybridized carbons (Fsp3) is 0.364. The standard InChI is InChI=1S/C22H28N4O2S.HI/c1-16(21-24-14-17(2)29-21)13-25-22(23-11-10-20-5-4-12-28-20)26-15-18-6-8-19(27-3)9-7-18;/h4-9,12,14,16H,10-11,13,15H2,1-3H3,(H2,23,25,26);1H. The molecule has 0 bridgehead atoms. The SMILES string of the molecule is COc1ccc(CN=C(NCCc2ccco2)NCC(C)c2ncc(C)s2)cc1.I.